The number of carbonyl (C=O) groups is 1. The van der Waals surface area contributed by atoms with E-state index in [0.29, 0.717) is 24.6 Å². The summed E-state index contributed by atoms with van der Waals surface area (Å²) in [4.78, 5) is 14.7. The predicted octanol–water partition coefficient (Wildman–Crippen LogP) is 3.28. The molecule has 0 bridgehead atoms. The molecular formula is C20H21F2N3O4. The molecule has 1 amide bonds. The van der Waals surface area contributed by atoms with Gasteiger partial charge >= 0.3 is 6.29 Å². The number of rotatable bonds is 5. The molecule has 1 fully saturated rings. The van der Waals surface area contributed by atoms with E-state index in [0.717, 1.165) is 18.8 Å². The number of ether oxygens (including phenoxy) is 3. The van der Waals surface area contributed by atoms with Crippen LogP contribution in [0.15, 0.2) is 42.5 Å². The summed E-state index contributed by atoms with van der Waals surface area (Å²) in [5.74, 6) is -0.378. The van der Waals surface area contributed by atoms with Crippen molar-refractivity contribution in [3.8, 4) is 11.5 Å². The van der Waals surface area contributed by atoms with Crippen LogP contribution in [0.25, 0.3) is 0 Å². The van der Waals surface area contributed by atoms with Gasteiger partial charge in [-0.2, -0.15) is 0 Å². The molecule has 7 nitrogen and oxygen atoms in total. The molecule has 2 N–H and O–H groups in total. The fraction of sp³-hybridized carbons (Fsp3) is 0.350. The highest BCUT2D eigenvalue weighted by Crippen LogP contribution is 2.42. The first-order valence-electron chi connectivity index (χ1n) is 9.30. The first kappa shape index (κ1) is 19.3. The molecule has 1 saturated heterocycles. The zero-order valence-corrected chi connectivity index (χ0v) is 15.8. The quantitative estimate of drug-likeness (QED) is 0.796. The number of hydrogen-bond donors (Lipinski definition) is 2. The Labute approximate surface area is 166 Å². The van der Waals surface area contributed by atoms with Crippen LogP contribution >= 0.6 is 0 Å². The van der Waals surface area contributed by atoms with Gasteiger partial charge in [0.05, 0.1) is 13.2 Å². The van der Waals surface area contributed by atoms with Crippen LogP contribution in [0.4, 0.5) is 25.8 Å². The van der Waals surface area contributed by atoms with Crippen molar-refractivity contribution in [3.05, 3.63) is 42.5 Å². The molecule has 1 atom stereocenters. The summed E-state index contributed by atoms with van der Waals surface area (Å²) in [7, 11) is 0. The topological polar surface area (TPSA) is 72.1 Å². The molecule has 4 rings (SSSR count). The van der Waals surface area contributed by atoms with E-state index in [9.17, 15) is 13.6 Å². The summed E-state index contributed by atoms with van der Waals surface area (Å²) in [6.45, 7) is 4.78. The second-order valence-electron chi connectivity index (χ2n) is 6.83. The minimum atomic E-state index is -3.67. The lowest BCUT2D eigenvalue weighted by Gasteiger charge is -2.29. The Kier molecular flexibility index (Phi) is 5.14. The van der Waals surface area contributed by atoms with Gasteiger partial charge in [-0.15, -0.1) is 8.78 Å². The lowest BCUT2D eigenvalue weighted by atomic mass is 10.2. The number of carbonyl (C=O) groups excluding carboxylic acids is 1. The lowest BCUT2D eigenvalue weighted by Crippen LogP contribution is -2.36. The summed E-state index contributed by atoms with van der Waals surface area (Å²) in [5.41, 5.74) is 2.22. The van der Waals surface area contributed by atoms with Crippen molar-refractivity contribution in [1.29, 1.82) is 0 Å². The van der Waals surface area contributed by atoms with E-state index in [1.165, 1.54) is 12.1 Å². The van der Waals surface area contributed by atoms with Crippen LogP contribution in [-0.4, -0.2) is 44.5 Å². The number of anilines is 3. The van der Waals surface area contributed by atoms with Crippen molar-refractivity contribution in [2.24, 2.45) is 0 Å². The van der Waals surface area contributed by atoms with Crippen LogP contribution in [0.5, 0.6) is 11.5 Å². The summed E-state index contributed by atoms with van der Waals surface area (Å²) in [6, 6.07) is 11.3. The zero-order valence-electron chi connectivity index (χ0n) is 15.8. The first-order valence-corrected chi connectivity index (χ1v) is 9.30. The van der Waals surface area contributed by atoms with Gasteiger partial charge in [-0.1, -0.05) is 0 Å². The van der Waals surface area contributed by atoms with E-state index in [-0.39, 0.29) is 17.4 Å². The van der Waals surface area contributed by atoms with E-state index in [2.05, 4.69) is 25.0 Å². The Hall–Kier alpha value is -3.07. The Bertz CT molecular complexity index is 886. The minimum absolute atomic E-state index is 0.0435. The summed E-state index contributed by atoms with van der Waals surface area (Å²) < 4.78 is 40.4. The van der Waals surface area contributed by atoms with E-state index < -0.39 is 12.3 Å². The summed E-state index contributed by atoms with van der Waals surface area (Å²) >= 11 is 0. The van der Waals surface area contributed by atoms with Crippen LogP contribution in [0.1, 0.15) is 6.92 Å². The molecule has 2 aromatic carbocycles. The van der Waals surface area contributed by atoms with E-state index >= 15 is 0 Å². The number of nitrogens with one attached hydrogen (secondary N) is 2. The fourth-order valence-corrected chi connectivity index (χ4v) is 3.18. The average Bonchev–Trinajstić information content (AvgIpc) is 3.02. The fourth-order valence-electron chi connectivity index (χ4n) is 3.18. The number of benzene rings is 2. The molecule has 154 valence electrons. The average molecular weight is 405 g/mol. The van der Waals surface area contributed by atoms with E-state index in [4.69, 9.17) is 4.74 Å². The van der Waals surface area contributed by atoms with Crippen LogP contribution in [0.2, 0.25) is 0 Å². The second-order valence-corrected chi connectivity index (χ2v) is 6.83. The third kappa shape index (κ3) is 4.51. The number of nitrogens with zero attached hydrogens (tertiary/aromatic N) is 1. The molecule has 29 heavy (non-hydrogen) atoms. The molecule has 0 unspecified atom stereocenters. The summed E-state index contributed by atoms with van der Waals surface area (Å²) in [5, 5.41) is 5.80. The maximum atomic E-state index is 13.1. The molecule has 2 heterocycles. The maximum Gasteiger partial charge on any atom is 0.586 e. The predicted molar refractivity (Wildman–Crippen MR) is 104 cm³/mol. The maximum absolute atomic E-state index is 13.1. The molecule has 2 aliphatic heterocycles. The summed E-state index contributed by atoms with van der Waals surface area (Å²) in [6.07, 6.45) is -3.67. The SMILES string of the molecule is C[C@H](Nc1ccc2c(c1)OC(F)(F)O2)C(=O)Nc1ccc(N2CCOCC2)cc1. The smallest absolute Gasteiger partial charge is 0.395 e. The van der Waals surface area contributed by atoms with Gasteiger partial charge < -0.3 is 29.7 Å². The lowest BCUT2D eigenvalue weighted by molar-refractivity contribution is -0.286. The van der Waals surface area contributed by atoms with E-state index in [1.807, 2.05) is 24.3 Å². The van der Waals surface area contributed by atoms with Crippen LogP contribution in [0.3, 0.4) is 0 Å². The highest BCUT2D eigenvalue weighted by atomic mass is 19.3. The molecule has 0 aromatic heterocycles. The van der Waals surface area contributed by atoms with Gasteiger partial charge in [0.25, 0.3) is 0 Å². The number of morpholine rings is 1. The largest absolute Gasteiger partial charge is 0.586 e. The number of alkyl halides is 2. The molecule has 0 radical (unpaired) electrons. The molecule has 0 spiro atoms. The van der Waals surface area contributed by atoms with Gasteiger partial charge in [-0.3, -0.25) is 4.79 Å². The van der Waals surface area contributed by atoms with Crippen LogP contribution < -0.4 is 25.0 Å². The van der Waals surface area contributed by atoms with E-state index in [1.54, 1.807) is 13.0 Å². The number of fused-ring (bicyclic) bond motifs is 1. The first-order chi connectivity index (χ1) is 13.9. The van der Waals surface area contributed by atoms with Crippen LogP contribution in [-0.2, 0) is 9.53 Å². The van der Waals surface area contributed by atoms with Gasteiger partial charge in [0.1, 0.15) is 6.04 Å². The van der Waals surface area contributed by atoms with Gasteiger partial charge in [-0.25, -0.2) is 0 Å². The zero-order chi connectivity index (χ0) is 20.4. The van der Waals surface area contributed by atoms with Crippen molar-refractivity contribution < 1.29 is 27.8 Å². The van der Waals surface area contributed by atoms with Gasteiger partial charge in [0.2, 0.25) is 5.91 Å². The number of amides is 1. The minimum Gasteiger partial charge on any atom is -0.395 e. The second kappa shape index (κ2) is 7.75. The molecule has 9 heteroatoms. The highest BCUT2D eigenvalue weighted by molar-refractivity contribution is 5.96. The van der Waals surface area contributed by atoms with Crippen LogP contribution in [0, 0.1) is 0 Å². The third-order valence-electron chi connectivity index (χ3n) is 4.69. The Morgan fingerprint density at radius 2 is 1.69 bits per heavy atom. The normalized spacial score (nSPS) is 18.2. The Balaban J connectivity index is 1.34. The van der Waals surface area contributed by atoms with Gasteiger partial charge in [0.15, 0.2) is 11.5 Å². The van der Waals surface area contributed by atoms with Gasteiger partial charge in [-0.05, 0) is 43.3 Å². The number of hydrogen-bond acceptors (Lipinski definition) is 6. The third-order valence-corrected chi connectivity index (χ3v) is 4.69. The highest BCUT2D eigenvalue weighted by Gasteiger charge is 2.43. The van der Waals surface area contributed by atoms with Crippen molar-refractivity contribution in [3.63, 3.8) is 0 Å². The van der Waals surface area contributed by atoms with Crippen molar-refractivity contribution in [2.75, 3.05) is 41.8 Å². The van der Waals surface area contributed by atoms with Crippen molar-refractivity contribution in [2.45, 2.75) is 19.3 Å². The number of halogens is 2. The Morgan fingerprint density at radius 1 is 1.03 bits per heavy atom. The molecule has 0 aliphatic carbocycles. The molecule has 0 saturated carbocycles. The molecule has 2 aliphatic rings. The molecular weight excluding hydrogens is 384 g/mol. The van der Waals surface area contributed by atoms with Gasteiger partial charge in [0, 0.05) is 36.2 Å². The monoisotopic (exact) mass is 405 g/mol. The molecule has 2 aromatic rings. The Morgan fingerprint density at radius 3 is 2.41 bits per heavy atom. The van der Waals surface area contributed by atoms with Crippen molar-refractivity contribution in [1.82, 2.24) is 0 Å². The standard InChI is InChI=1S/C20H21F2N3O4/c1-13(23-15-4-7-17-18(12-15)29-20(21,22)28-17)19(26)24-14-2-5-16(6-3-14)25-8-10-27-11-9-25/h2-7,12-13,23H,8-11H2,1H3,(H,24,26)/t13-/m0/s1. The van der Waals surface area contributed by atoms with Crippen molar-refractivity contribution >= 4 is 23.0 Å².